The molecule has 3 rings (SSSR count). The Hall–Kier alpha value is -3.10. The van der Waals surface area contributed by atoms with Crippen molar-refractivity contribution in [3.63, 3.8) is 0 Å². The minimum Gasteiger partial charge on any atom is -0.338 e. The van der Waals surface area contributed by atoms with Crippen molar-refractivity contribution in [1.29, 1.82) is 0 Å². The van der Waals surface area contributed by atoms with Crippen molar-refractivity contribution in [2.75, 3.05) is 63.0 Å². The Morgan fingerprint density at radius 3 is 1.44 bits per heavy atom. The highest BCUT2D eigenvalue weighted by atomic mass is 16.2. The first-order chi connectivity index (χ1) is 16.5. The van der Waals surface area contributed by atoms with Crippen molar-refractivity contribution >= 4 is 23.4 Å². The lowest BCUT2D eigenvalue weighted by Crippen LogP contribution is -2.47. The van der Waals surface area contributed by atoms with E-state index in [0.717, 1.165) is 74.6 Å². The van der Waals surface area contributed by atoms with Crippen molar-refractivity contribution in [3.05, 3.63) is 59.7 Å². The average molecular weight is 467 g/mol. The summed E-state index contributed by atoms with van der Waals surface area (Å²) in [5, 5.41) is 11.7. The Balaban J connectivity index is 1.20. The van der Waals surface area contributed by atoms with Crippen LogP contribution in [-0.4, -0.2) is 74.2 Å². The zero-order chi connectivity index (χ0) is 24.2. The summed E-state index contributed by atoms with van der Waals surface area (Å²) in [7, 11) is 0. The zero-order valence-corrected chi connectivity index (χ0v) is 20.4. The molecule has 0 unspecified atom stereocenters. The van der Waals surface area contributed by atoms with E-state index in [1.165, 1.54) is 0 Å². The molecule has 8 heteroatoms. The summed E-state index contributed by atoms with van der Waals surface area (Å²) < 4.78 is 0. The summed E-state index contributed by atoms with van der Waals surface area (Å²) in [5.41, 5.74) is 3.80. The number of nitrogens with one attached hydrogen (secondary N) is 4. The van der Waals surface area contributed by atoms with Gasteiger partial charge in [0.1, 0.15) is 0 Å². The molecule has 0 aliphatic carbocycles. The molecule has 184 valence electrons. The number of hydrogen-bond donors (Lipinski definition) is 4. The molecule has 0 saturated carbocycles. The fraction of sp³-hybridized carbons (Fsp3) is 0.462. The average Bonchev–Trinajstić information content (AvgIpc) is 2.83. The van der Waals surface area contributed by atoms with Gasteiger partial charge in [-0.1, -0.05) is 36.4 Å². The monoisotopic (exact) mass is 466 g/mol. The van der Waals surface area contributed by atoms with Crippen LogP contribution in [-0.2, 0) is 0 Å². The smallest absolute Gasteiger partial charge is 0.319 e. The van der Waals surface area contributed by atoms with Crippen molar-refractivity contribution in [2.45, 2.75) is 26.7 Å². The van der Waals surface area contributed by atoms with Gasteiger partial charge in [0.2, 0.25) is 0 Å². The van der Waals surface area contributed by atoms with Crippen molar-refractivity contribution in [3.8, 4) is 0 Å². The number of piperazine rings is 1. The van der Waals surface area contributed by atoms with Crippen molar-refractivity contribution < 1.29 is 9.59 Å². The molecule has 4 N–H and O–H groups in total. The summed E-state index contributed by atoms with van der Waals surface area (Å²) in [5.74, 6) is 0. The molecular formula is C26H38N6O2. The topological polar surface area (TPSA) is 88.7 Å². The van der Waals surface area contributed by atoms with Gasteiger partial charge in [0.25, 0.3) is 0 Å². The van der Waals surface area contributed by atoms with Gasteiger partial charge in [0.15, 0.2) is 0 Å². The maximum Gasteiger partial charge on any atom is 0.319 e. The van der Waals surface area contributed by atoms with Crippen LogP contribution in [0.25, 0.3) is 0 Å². The van der Waals surface area contributed by atoms with E-state index in [-0.39, 0.29) is 12.1 Å². The van der Waals surface area contributed by atoms with Gasteiger partial charge in [0.05, 0.1) is 0 Å². The maximum absolute atomic E-state index is 12.1. The van der Waals surface area contributed by atoms with Gasteiger partial charge in [-0.15, -0.1) is 0 Å². The van der Waals surface area contributed by atoms with Crippen LogP contribution in [0.5, 0.6) is 0 Å². The number of hydrogen-bond acceptors (Lipinski definition) is 4. The van der Waals surface area contributed by atoms with E-state index in [9.17, 15) is 9.59 Å². The Bertz CT molecular complexity index is 852. The molecule has 2 aromatic carbocycles. The van der Waals surface area contributed by atoms with Gasteiger partial charge >= 0.3 is 12.1 Å². The van der Waals surface area contributed by atoms with Crippen LogP contribution in [0.4, 0.5) is 21.0 Å². The maximum atomic E-state index is 12.1. The van der Waals surface area contributed by atoms with Crippen LogP contribution in [0.2, 0.25) is 0 Å². The minimum absolute atomic E-state index is 0.152. The molecule has 8 nitrogen and oxygen atoms in total. The third-order valence-electron chi connectivity index (χ3n) is 6.12. The van der Waals surface area contributed by atoms with E-state index in [4.69, 9.17) is 0 Å². The van der Waals surface area contributed by atoms with Gasteiger partial charge in [-0.05, 0) is 63.0 Å². The quantitative estimate of drug-likeness (QED) is 0.403. The predicted octanol–water partition coefficient (Wildman–Crippen LogP) is 3.64. The first kappa shape index (κ1) is 25.5. The Kier molecular flexibility index (Phi) is 10.2. The number of carbonyl (C=O) groups excluding carboxylic acids is 2. The van der Waals surface area contributed by atoms with Crippen LogP contribution < -0.4 is 21.3 Å². The van der Waals surface area contributed by atoms with E-state index < -0.39 is 0 Å². The molecule has 0 spiro atoms. The highest BCUT2D eigenvalue weighted by Crippen LogP contribution is 2.13. The van der Waals surface area contributed by atoms with E-state index in [2.05, 4.69) is 31.1 Å². The number of nitrogens with zero attached hydrogens (tertiary/aromatic N) is 2. The van der Waals surface area contributed by atoms with Crippen LogP contribution in [0, 0.1) is 13.8 Å². The molecule has 0 radical (unpaired) electrons. The van der Waals surface area contributed by atoms with Crippen LogP contribution in [0.1, 0.15) is 24.0 Å². The number of para-hydroxylation sites is 2. The lowest BCUT2D eigenvalue weighted by molar-refractivity contribution is 0.130. The fourth-order valence-electron chi connectivity index (χ4n) is 4.00. The molecule has 1 heterocycles. The molecule has 1 saturated heterocycles. The summed E-state index contributed by atoms with van der Waals surface area (Å²) in [6.07, 6.45) is 1.86. The lowest BCUT2D eigenvalue weighted by atomic mass is 10.2. The molecule has 0 atom stereocenters. The Morgan fingerprint density at radius 2 is 1.06 bits per heavy atom. The molecule has 1 aliphatic rings. The van der Waals surface area contributed by atoms with Crippen LogP contribution in [0.3, 0.4) is 0 Å². The number of rotatable bonds is 10. The molecule has 34 heavy (non-hydrogen) atoms. The number of urea groups is 2. The largest absolute Gasteiger partial charge is 0.338 e. The first-order valence-electron chi connectivity index (χ1n) is 12.2. The summed E-state index contributed by atoms with van der Waals surface area (Å²) in [6, 6.07) is 15.2. The van der Waals surface area contributed by atoms with Crippen molar-refractivity contribution in [1.82, 2.24) is 20.4 Å². The normalized spacial score (nSPS) is 14.4. The number of aryl methyl sites for hydroxylation is 2. The van der Waals surface area contributed by atoms with Gasteiger partial charge < -0.3 is 31.1 Å². The molecule has 4 amide bonds. The fourth-order valence-corrected chi connectivity index (χ4v) is 4.00. The summed E-state index contributed by atoms with van der Waals surface area (Å²) in [6.45, 7) is 11.4. The number of anilines is 2. The summed E-state index contributed by atoms with van der Waals surface area (Å²) >= 11 is 0. The van der Waals surface area contributed by atoms with E-state index in [0.29, 0.717) is 13.1 Å². The van der Waals surface area contributed by atoms with Crippen LogP contribution >= 0.6 is 0 Å². The van der Waals surface area contributed by atoms with Crippen LogP contribution in [0.15, 0.2) is 48.5 Å². The highest BCUT2D eigenvalue weighted by molar-refractivity contribution is 5.90. The second-order valence-electron chi connectivity index (χ2n) is 8.78. The lowest BCUT2D eigenvalue weighted by Gasteiger charge is -2.34. The standard InChI is InChI=1S/C26H38N6O2/c1-21-9-3-5-11-23(21)29-25(33)27-13-7-15-31-17-19-32(20-18-31)16-8-14-28-26(34)30-24-12-6-4-10-22(24)2/h3-6,9-12H,7-8,13-20H2,1-2H3,(H2,27,29,33)(H2,28,30,34). The Morgan fingerprint density at radius 1 is 0.676 bits per heavy atom. The van der Waals surface area contributed by atoms with Gasteiger partial charge in [-0.25, -0.2) is 9.59 Å². The molecule has 0 aromatic heterocycles. The third kappa shape index (κ3) is 8.68. The van der Waals surface area contributed by atoms with Crippen molar-refractivity contribution in [2.24, 2.45) is 0 Å². The number of amides is 4. The van der Waals surface area contributed by atoms with Gasteiger partial charge in [-0.3, -0.25) is 0 Å². The molecular weight excluding hydrogens is 428 g/mol. The van der Waals surface area contributed by atoms with Gasteiger partial charge in [0, 0.05) is 50.6 Å². The molecule has 0 bridgehead atoms. The zero-order valence-electron chi connectivity index (χ0n) is 20.4. The number of carbonyl (C=O) groups is 2. The SMILES string of the molecule is Cc1ccccc1NC(=O)NCCCN1CCN(CCCNC(=O)Nc2ccccc2C)CC1. The second kappa shape index (κ2) is 13.6. The number of benzene rings is 2. The molecule has 2 aromatic rings. The van der Waals surface area contributed by atoms with Gasteiger partial charge in [-0.2, -0.15) is 0 Å². The highest BCUT2D eigenvalue weighted by Gasteiger charge is 2.16. The van der Waals surface area contributed by atoms with E-state index in [1.807, 2.05) is 62.4 Å². The predicted molar refractivity (Wildman–Crippen MR) is 139 cm³/mol. The second-order valence-corrected chi connectivity index (χ2v) is 8.78. The minimum atomic E-state index is -0.152. The van der Waals surface area contributed by atoms with E-state index >= 15 is 0 Å². The van der Waals surface area contributed by atoms with E-state index in [1.54, 1.807) is 0 Å². The molecule has 1 fully saturated rings. The first-order valence-corrected chi connectivity index (χ1v) is 12.2. The third-order valence-corrected chi connectivity index (χ3v) is 6.12. The Labute approximate surface area is 203 Å². The molecule has 1 aliphatic heterocycles. The summed E-state index contributed by atoms with van der Waals surface area (Å²) in [4.78, 5) is 29.0.